The van der Waals surface area contributed by atoms with Crippen LogP contribution in [0.25, 0.3) is 0 Å². The highest BCUT2D eigenvalue weighted by atomic mass is 16.5. The average molecular weight is 459 g/mol. The summed E-state index contributed by atoms with van der Waals surface area (Å²) < 4.78 is 12.8. The standard InChI is InChI=1S/C29H46O4/c1-6-7-8-9-10-12-15-19-29(5)20-18-25-24(4)27(22(2)23(3)28(25)33-29)32-21-16-13-11-14-17-26(30)31/h15,19H,6-14,16-18,20-21H2,1-5H3,(H,30,31)/b19-15+. The minimum absolute atomic E-state index is 0.238. The molecule has 1 atom stereocenters. The van der Waals surface area contributed by atoms with E-state index in [-0.39, 0.29) is 12.0 Å². The molecule has 1 heterocycles. The zero-order chi connectivity index (χ0) is 24.3. The smallest absolute Gasteiger partial charge is 0.303 e. The third-order valence-corrected chi connectivity index (χ3v) is 6.99. The van der Waals surface area contributed by atoms with Gasteiger partial charge in [0.25, 0.3) is 0 Å². The molecule has 1 N–H and O–H groups in total. The zero-order valence-corrected chi connectivity index (χ0v) is 21.7. The van der Waals surface area contributed by atoms with Gasteiger partial charge in [-0.05, 0) is 89.0 Å². The molecule has 0 saturated carbocycles. The first-order chi connectivity index (χ1) is 15.8. The quantitative estimate of drug-likeness (QED) is 0.213. The van der Waals surface area contributed by atoms with Crippen LogP contribution >= 0.6 is 0 Å². The molecular weight excluding hydrogens is 412 g/mol. The monoisotopic (exact) mass is 458 g/mol. The van der Waals surface area contributed by atoms with Crippen LogP contribution in [0.4, 0.5) is 0 Å². The van der Waals surface area contributed by atoms with Crippen molar-refractivity contribution in [2.75, 3.05) is 6.61 Å². The van der Waals surface area contributed by atoms with Gasteiger partial charge in [-0.15, -0.1) is 0 Å². The molecule has 1 aliphatic rings. The molecule has 0 aliphatic carbocycles. The van der Waals surface area contributed by atoms with Gasteiger partial charge in [-0.3, -0.25) is 4.79 Å². The van der Waals surface area contributed by atoms with Gasteiger partial charge in [-0.1, -0.05) is 51.5 Å². The SMILES string of the molecule is CCCCCCC/C=C/C1(C)CCc2c(C)c(OCCCCCCC(=O)O)c(C)c(C)c2O1. The Morgan fingerprint density at radius 1 is 1.00 bits per heavy atom. The van der Waals surface area contributed by atoms with Crippen LogP contribution in [0.5, 0.6) is 11.5 Å². The molecule has 0 amide bonds. The fraction of sp³-hybridized carbons (Fsp3) is 0.690. The van der Waals surface area contributed by atoms with Crippen molar-refractivity contribution in [2.24, 2.45) is 0 Å². The van der Waals surface area contributed by atoms with Gasteiger partial charge < -0.3 is 14.6 Å². The number of benzene rings is 1. The van der Waals surface area contributed by atoms with Crippen molar-refractivity contribution in [3.8, 4) is 11.5 Å². The Morgan fingerprint density at radius 2 is 1.70 bits per heavy atom. The summed E-state index contributed by atoms with van der Waals surface area (Å²) in [5.74, 6) is 1.34. The predicted octanol–water partition coefficient (Wildman–Crippen LogP) is 8.03. The van der Waals surface area contributed by atoms with Crippen molar-refractivity contribution in [1.82, 2.24) is 0 Å². The molecule has 0 spiro atoms. The summed E-state index contributed by atoms with van der Waals surface area (Å²) in [6.45, 7) is 11.6. The minimum Gasteiger partial charge on any atom is -0.493 e. The highest BCUT2D eigenvalue weighted by Gasteiger charge is 2.32. The number of hydrogen-bond donors (Lipinski definition) is 1. The summed E-state index contributed by atoms with van der Waals surface area (Å²) in [7, 11) is 0. The van der Waals surface area contributed by atoms with Crippen molar-refractivity contribution in [3.05, 3.63) is 34.4 Å². The van der Waals surface area contributed by atoms with E-state index in [1.807, 2.05) is 0 Å². The number of carbonyl (C=O) groups is 1. The lowest BCUT2D eigenvalue weighted by Crippen LogP contribution is -2.35. The minimum atomic E-state index is -0.710. The first-order valence-electron chi connectivity index (χ1n) is 13.1. The largest absolute Gasteiger partial charge is 0.493 e. The van der Waals surface area contributed by atoms with Crippen LogP contribution in [0.15, 0.2) is 12.2 Å². The molecule has 0 fully saturated rings. The van der Waals surface area contributed by atoms with E-state index in [1.54, 1.807) is 0 Å². The third-order valence-electron chi connectivity index (χ3n) is 6.99. The zero-order valence-electron chi connectivity index (χ0n) is 21.7. The molecule has 0 radical (unpaired) electrons. The lowest BCUT2D eigenvalue weighted by molar-refractivity contribution is -0.137. The maximum Gasteiger partial charge on any atom is 0.303 e. The summed E-state index contributed by atoms with van der Waals surface area (Å²) >= 11 is 0. The van der Waals surface area contributed by atoms with Gasteiger partial charge in [0.05, 0.1) is 6.61 Å². The average Bonchev–Trinajstić information content (AvgIpc) is 2.78. The normalized spacial score (nSPS) is 17.7. The topological polar surface area (TPSA) is 55.8 Å². The number of fused-ring (bicyclic) bond motifs is 1. The van der Waals surface area contributed by atoms with Crippen LogP contribution < -0.4 is 9.47 Å². The lowest BCUT2D eigenvalue weighted by atomic mass is 9.86. The fourth-order valence-electron chi connectivity index (χ4n) is 4.69. The number of unbranched alkanes of at least 4 members (excludes halogenated alkanes) is 8. The highest BCUT2D eigenvalue weighted by Crippen LogP contribution is 2.44. The van der Waals surface area contributed by atoms with Gasteiger partial charge in [0.1, 0.15) is 17.1 Å². The Morgan fingerprint density at radius 3 is 2.42 bits per heavy atom. The molecule has 186 valence electrons. The van der Waals surface area contributed by atoms with Gasteiger partial charge in [0.15, 0.2) is 0 Å². The van der Waals surface area contributed by atoms with Crippen LogP contribution in [0.3, 0.4) is 0 Å². The van der Waals surface area contributed by atoms with E-state index < -0.39 is 5.97 Å². The summed E-state index contributed by atoms with van der Waals surface area (Å²) in [4.78, 5) is 10.6. The molecule has 1 aromatic carbocycles. The lowest BCUT2D eigenvalue weighted by Gasteiger charge is -2.36. The van der Waals surface area contributed by atoms with E-state index >= 15 is 0 Å². The summed E-state index contributed by atoms with van der Waals surface area (Å²) in [6.07, 6.45) is 18.2. The van der Waals surface area contributed by atoms with Gasteiger partial charge in [-0.2, -0.15) is 0 Å². The fourth-order valence-corrected chi connectivity index (χ4v) is 4.69. The van der Waals surface area contributed by atoms with E-state index in [9.17, 15) is 4.79 Å². The van der Waals surface area contributed by atoms with Crippen molar-refractivity contribution < 1.29 is 19.4 Å². The van der Waals surface area contributed by atoms with E-state index in [4.69, 9.17) is 14.6 Å². The van der Waals surface area contributed by atoms with Gasteiger partial charge >= 0.3 is 5.97 Å². The van der Waals surface area contributed by atoms with E-state index in [0.717, 1.165) is 56.4 Å². The first-order valence-corrected chi connectivity index (χ1v) is 13.1. The van der Waals surface area contributed by atoms with E-state index in [2.05, 4.69) is 46.8 Å². The van der Waals surface area contributed by atoms with E-state index in [1.165, 1.54) is 54.4 Å². The molecule has 1 aliphatic heterocycles. The van der Waals surface area contributed by atoms with Crippen molar-refractivity contribution in [1.29, 1.82) is 0 Å². The molecule has 4 heteroatoms. The third kappa shape index (κ3) is 8.39. The Labute approximate surface area is 201 Å². The molecule has 0 saturated heterocycles. The van der Waals surface area contributed by atoms with Crippen LogP contribution in [-0.2, 0) is 11.2 Å². The van der Waals surface area contributed by atoms with Crippen LogP contribution in [0, 0.1) is 20.8 Å². The summed E-state index contributed by atoms with van der Waals surface area (Å²) in [6, 6.07) is 0. The second kappa shape index (κ2) is 13.7. The number of rotatable bonds is 15. The van der Waals surface area contributed by atoms with Crippen LogP contribution in [-0.4, -0.2) is 23.3 Å². The summed E-state index contributed by atoms with van der Waals surface area (Å²) in [5, 5.41) is 8.73. The molecule has 1 aromatic rings. The highest BCUT2D eigenvalue weighted by molar-refractivity contribution is 5.66. The van der Waals surface area contributed by atoms with Crippen LogP contribution in [0.1, 0.15) is 113 Å². The molecular formula is C29H46O4. The molecule has 1 unspecified atom stereocenters. The van der Waals surface area contributed by atoms with Crippen LogP contribution in [0.2, 0.25) is 0 Å². The number of aliphatic carboxylic acids is 1. The predicted molar refractivity (Wildman–Crippen MR) is 137 cm³/mol. The Kier molecular flexibility index (Phi) is 11.3. The molecule has 33 heavy (non-hydrogen) atoms. The first kappa shape index (κ1) is 27.3. The Hall–Kier alpha value is -1.97. The van der Waals surface area contributed by atoms with Gasteiger partial charge in [-0.25, -0.2) is 0 Å². The molecule has 4 nitrogen and oxygen atoms in total. The Bertz CT molecular complexity index is 796. The number of ether oxygens (including phenoxy) is 2. The molecule has 0 aromatic heterocycles. The Balaban J connectivity index is 1.94. The number of hydrogen-bond acceptors (Lipinski definition) is 3. The van der Waals surface area contributed by atoms with Gasteiger partial charge in [0.2, 0.25) is 0 Å². The number of allylic oxidation sites excluding steroid dienone is 1. The molecule has 0 bridgehead atoms. The van der Waals surface area contributed by atoms with Gasteiger partial charge in [0, 0.05) is 12.0 Å². The van der Waals surface area contributed by atoms with Crippen molar-refractivity contribution >= 4 is 5.97 Å². The summed E-state index contributed by atoms with van der Waals surface area (Å²) in [5.41, 5.74) is 4.62. The number of carboxylic acid groups (broad SMARTS) is 1. The van der Waals surface area contributed by atoms with E-state index in [0.29, 0.717) is 6.61 Å². The second-order valence-corrected chi connectivity index (χ2v) is 9.94. The van der Waals surface area contributed by atoms with Crippen molar-refractivity contribution in [2.45, 2.75) is 124 Å². The maximum atomic E-state index is 10.6. The second-order valence-electron chi connectivity index (χ2n) is 9.94. The molecule has 2 rings (SSSR count). The maximum absolute atomic E-state index is 10.6. The number of carboxylic acids is 1. The van der Waals surface area contributed by atoms with Crippen molar-refractivity contribution in [3.63, 3.8) is 0 Å².